The maximum Gasteiger partial charge on any atom is 0.0796 e. The first-order valence-electron chi connectivity index (χ1n) is 3.44. The van der Waals surface area contributed by atoms with E-state index in [1.807, 2.05) is 24.9 Å². The fraction of sp³-hybridized carbons (Fsp3) is 0.857. The van der Waals surface area contributed by atoms with Gasteiger partial charge in [0.15, 0.2) is 0 Å². The molecule has 0 fully saturated rings. The number of likely N-dealkylation sites (N-methyl/N-ethyl adjacent to an activating group) is 1. The van der Waals surface area contributed by atoms with Crippen molar-refractivity contribution >= 4 is 0 Å². The molecule has 0 saturated heterocycles. The fourth-order valence-electron chi connectivity index (χ4n) is 0.659. The number of aliphatic hydroxyl groups excluding tert-OH is 1. The summed E-state index contributed by atoms with van der Waals surface area (Å²) in [5, 5.41) is 17.3. The number of nitrogens with zero attached hydrogens (tertiary/aromatic N) is 2. The quantitative estimate of drug-likeness (QED) is 0.610. The number of aliphatic hydroxyl groups is 1. The molecule has 0 aliphatic heterocycles. The van der Waals surface area contributed by atoms with Crippen LogP contribution in [0.2, 0.25) is 0 Å². The Labute approximate surface area is 61.9 Å². The van der Waals surface area contributed by atoms with Crippen LogP contribution in [-0.4, -0.2) is 36.2 Å². The van der Waals surface area contributed by atoms with Gasteiger partial charge in [-0.1, -0.05) is 6.92 Å². The monoisotopic (exact) mass is 142 g/mol. The molecule has 0 aromatic rings. The lowest BCUT2D eigenvalue weighted by molar-refractivity contribution is 0.132. The first-order valence-corrected chi connectivity index (χ1v) is 3.44. The molecule has 1 unspecified atom stereocenters. The number of hydrogen-bond acceptors (Lipinski definition) is 3. The molecular formula is C7H14N2O. The zero-order valence-corrected chi connectivity index (χ0v) is 6.54. The predicted molar refractivity (Wildman–Crippen MR) is 39.4 cm³/mol. The normalized spacial score (nSPS) is 13.1. The average molecular weight is 142 g/mol. The fourth-order valence-corrected chi connectivity index (χ4v) is 0.659. The van der Waals surface area contributed by atoms with Crippen LogP contribution in [0, 0.1) is 11.3 Å². The molecule has 1 N–H and O–H groups in total. The van der Waals surface area contributed by atoms with Crippen LogP contribution in [0.4, 0.5) is 0 Å². The molecule has 3 heteroatoms. The van der Waals surface area contributed by atoms with Crippen molar-refractivity contribution in [3.05, 3.63) is 0 Å². The number of rotatable bonds is 4. The largest absolute Gasteiger partial charge is 0.391 e. The van der Waals surface area contributed by atoms with E-state index < -0.39 is 6.10 Å². The molecule has 3 nitrogen and oxygen atoms in total. The smallest absolute Gasteiger partial charge is 0.0796 e. The predicted octanol–water partition coefficient (Wildman–Crippen LogP) is 0.213. The third kappa shape index (κ3) is 4.30. The minimum Gasteiger partial charge on any atom is -0.391 e. The van der Waals surface area contributed by atoms with Gasteiger partial charge in [0, 0.05) is 6.54 Å². The summed E-state index contributed by atoms with van der Waals surface area (Å²) < 4.78 is 0. The first-order chi connectivity index (χ1) is 4.70. The third-order valence-corrected chi connectivity index (χ3v) is 1.39. The Kier molecular flexibility index (Phi) is 4.91. The molecule has 0 aromatic heterocycles. The lowest BCUT2D eigenvalue weighted by Crippen LogP contribution is -2.28. The van der Waals surface area contributed by atoms with Crippen LogP contribution in [0.3, 0.4) is 0 Å². The van der Waals surface area contributed by atoms with Crippen molar-refractivity contribution in [2.75, 3.05) is 20.1 Å². The molecule has 0 aromatic carbocycles. The van der Waals surface area contributed by atoms with Crippen LogP contribution < -0.4 is 0 Å². The second-order valence-corrected chi connectivity index (χ2v) is 2.37. The molecular weight excluding hydrogens is 128 g/mol. The first kappa shape index (κ1) is 9.41. The molecule has 1 atom stereocenters. The highest BCUT2D eigenvalue weighted by atomic mass is 16.3. The molecule has 0 saturated carbocycles. The van der Waals surface area contributed by atoms with E-state index in [1.54, 1.807) is 0 Å². The summed E-state index contributed by atoms with van der Waals surface area (Å²) in [7, 11) is 1.92. The molecule has 0 spiro atoms. The van der Waals surface area contributed by atoms with Crippen molar-refractivity contribution in [1.82, 2.24) is 4.90 Å². The maximum absolute atomic E-state index is 9.09. The summed E-state index contributed by atoms with van der Waals surface area (Å²) in [5.41, 5.74) is 0. The summed E-state index contributed by atoms with van der Waals surface area (Å²) in [6.07, 6.45) is -0.264. The van der Waals surface area contributed by atoms with Crippen molar-refractivity contribution in [3.8, 4) is 6.07 Å². The van der Waals surface area contributed by atoms with Gasteiger partial charge in [0.2, 0.25) is 0 Å². The summed E-state index contributed by atoms with van der Waals surface area (Å²) in [6.45, 7) is 3.51. The zero-order chi connectivity index (χ0) is 7.98. The average Bonchev–Trinajstić information content (AvgIpc) is 1.88. The van der Waals surface area contributed by atoms with E-state index in [9.17, 15) is 0 Å². The van der Waals surface area contributed by atoms with E-state index >= 15 is 0 Å². The van der Waals surface area contributed by atoms with Crippen LogP contribution in [0.15, 0.2) is 0 Å². The van der Waals surface area contributed by atoms with E-state index in [-0.39, 0.29) is 6.42 Å². The molecule has 0 heterocycles. The SMILES string of the molecule is CCN(C)CC(O)CC#N. The van der Waals surface area contributed by atoms with Gasteiger partial charge in [-0.05, 0) is 13.6 Å². The van der Waals surface area contributed by atoms with Gasteiger partial charge in [0.25, 0.3) is 0 Å². The van der Waals surface area contributed by atoms with E-state index in [4.69, 9.17) is 10.4 Å². The van der Waals surface area contributed by atoms with Gasteiger partial charge in [-0.25, -0.2) is 0 Å². The molecule has 0 radical (unpaired) electrons. The molecule has 10 heavy (non-hydrogen) atoms. The van der Waals surface area contributed by atoms with Gasteiger partial charge in [0.05, 0.1) is 18.6 Å². The Hall–Kier alpha value is -0.590. The maximum atomic E-state index is 9.09. The lowest BCUT2D eigenvalue weighted by Gasteiger charge is -2.16. The van der Waals surface area contributed by atoms with E-state index in [1.165, 1.54) is 0 Å². The van der Waals surface area contributed by atoms with Crippen LogP contribution in [-0.2, 0) is 0 Å². The van der Waals surface area contributed by atoms with Crippen LogP contribution in [0.25, 0.3) is 0 Å². The summed E-state index contributed by atoms with van der Waals surface area (Å²) in [4.78, 5) is 1.97. The van der Waals surface area contributed by atoms with E-state index in [0.717, 1.165) is 6.54 Å². The van der Waals surface area contributed by atoms with Crippen LogP contribution in [0.5, 0.6) is 0 Å². The van der Waals surface area contributed by atoms with Crippen molar-refractivity contribution in [3.63, 3.8) is 0 Å². The second kappa shape index (κ2) is 5.21. The van der Waals surface area contributed by atoms with Crippen LogP contribution in [0.1, 0.15) is 13.3 Å². The van der Waals surface area contributed by atoms with Crippen LogP contribution >= 0.6 is 0 Å². The molecule has 0 aliphatic rings. The summed E-state index contributed by atoms with van der Waals surface area (Å²) >= 11 is 0. The van der Waals surface area contributed by atoms with Crippen molar-refractivity contribution in [2.45, 2.75) is 19.4 Å². The van der Waals surface area contributed by atoms with Gasteiger partial charge in [-0.3, -0.25) is 0 Å². The van der Waals surface area contributed by atoms with Gasteiger partial charge in [-0.2, -0.15) is 5.26 Å². The molecule has 0 bridgehead atoms. The van der Waals surface area contributed by atoms with Gasteiger partial charge >= 0.3 is 0 Å². The summed E-state index contributed by atoms with van der Waals surface area (Å²) in [6, 6.07) is 1.92. The molecule has 0 amide bonds. The highest BCUT2D eigenvalue weighted by Crippen LogP contribution is 1.92. The highest BCUT2D eigenvalue weighted by molar-refractivity contribution is 4.76. The third-order valence-electron chi connectivity index (χ3n) is 1.39. The van der Waals surface area contributed by atoms with Gasteiger partial charge in [-0.15, -0.1) is 0 Å². The van der Waals surface area contributed by atoms with Crippen molar-refractivity contribution in [1.29, 1.82) is 5.26 Å². The Morgan fingerprint density at radius 2 is 2.30 bits per heavy atom. The molecule has 0 rings (SSSR count). The summed E-state index contributed by atoms with van der Waals surface area (Å²) in [5.74, 6) is 0. The minimum atomic E-state index is -0.491. The Morgan fingerprint density at radius 1 is 1.70 bits per heavy atom. The van der Waals surface area contributed by atoms with E-state index in [0.29, 0.717) is 6.54 Å². The standard InChI is InChI=1S/C7H14N2O/c1-3-9(2)6-7(10)4-5-8/h7,10H,3-4,6H2,1-2H3. The highest BCUT2D eigenvalue weighted by Gasteiger charge is 2.04. The molecule has 0 aliphatic carbocycles. The molecule has 58 valence electrons. The van der Waals surface area contributed by atoms with Crippen molar-refractivity contribution in [2.24, 2.45) is 0 Å². The topological polar surface area (TPSA) is 47.3 Å². The zero-order valence-electron chi connectivity index (χ0n) is 6.54. The Morgan fingerprint density at radius 3 is 2.70 bits per heavy atom. The second-order valence-electron chi connectivity index (χ2n) is 2.37. The van der Waals surface area contributed by atoms with Crippen molar-refractivity contribution < 1.29 is 5.11 Å². The number of hydrogen-bond donors (Lipinski definition) is 1. The number of nitriles is 1. The lowest BCUT2D eigenvalue weighted by atomic mass is 10.2. The van der Waals surface area contributed by atoms with Gasteiger partial charge in [0.1, 0.15) is 0 Å². The Bertz CT molecular complexity index is 119. The Balaban J connectivity index is 3.38. The van der Waals surface area contributed by atoms with Gasteiger partial charge < -0.3 is 10.0 Å². The van der Waals surface area contributed by atoms with E-state index in [2.05, 4.69) is 0 Å². The minimum absolute atomic E-state index is 0.227.